The highest BCUT2D eigenvalue weighted by atomic mass is 16.5. The Labute approximate surface area is 99.4 Å². The zero-order valence-electron chi connectivity index (χ0n) is 11.0. The van der Waals surface area contributed by atoms with Crippen LogP contribution >= 0.6 is 0 Å². The van der Waals surface area contributed by atoms with Gasteiger partial charge in [0, 0.05) is 6.54 Å². The Bertz CT molecular complexity index is 202. The van der Waals surface area contributed by atoms with E-state index < -0.39 is 0 Å². The van der Waals surface area contributed by atoms with Gasteiger partial charge in [0.05, 0.1) is 18.8 Å². The molecule has 0 amide bonds. The lowest BCUT2D eigenvalue weighted by molar-refractivity contribution is -0.0883. The van der Waals surface area contributed by atoms with Crippen LogP contribution in [0.5, 0.6) is 0 Å². The number of rotatable bonds is 4. The maximum atomic E-state index is 8.82. The average Bonchev–Trinajstić information content (AvgIpc) is 2.26. The molecule has 1 aliphatic rings. The largest absolute Gasteiger partial charge is 0.394 e. The van der Waals surface area contributed by atoms with Crippen molar-refractivity contribution in [3.05, 3.63) is 0 Å². The fourth-order valence-electron chi connectivity index (χ4n) is 2.68. The van der Waals surface area contributed by atoms with Crippen molar-refractivity contribution in [2.24, 2.45) is 17.1 Å². The van der Waals surface area contributed by atoms with Gasteiger partial charge < -0.3 is 15.6 Å². The molecule has 1 rings (SSSR count). The molecule has 0 radical (unpaired) electrons. The van der Waals surface area contributed by atoms with Crippen LogP contribution in [-0.2, 0) is 4.74 Å². The summed E-state index contributed by atoms with van der Waals surface area (Å²) in [4.78, 5) is 0. The normalized spacial score (nSPS) is 31.7. The van der Waals surface area contributed by atoms with Crippen molar-refractivity contribution in [2.75, 3.05) is 19.8 Å². The van der Waals surface area contributed by atoms with Gasteiger partial charge in [-0.3, -0.25) is 0 Å². The number of hydrogen-bond acceptors (Lipinski definition) is 3. The smallest absolute Gasteiger partial charge is 0.0805 e. The summed E-state index contributed by atoms with van der Waals surface area (Å²) in [6.45, 7) is 8.00. The van der Waals surface area contributed by atoms with E-state index in [1.54, 1.807) is 0 Å². The summed E-state index contributed by atoms with van der Waals surface area (Å²) in [7, 11) is 0. The molecule has 0 aromatic carbocycles. The molecular formula is C13H27NO2. The van der Waals surface area contributed by atoms with E-state index >= 15 is 0 Å². The Balaban J connectivity index is 2.50. The molecule has 0 aliphatic heterocycles. The first-order valence-electron chi connectivity index (χ1n) is 6.38. The van der Waals surface area contributed by atoms with Crippen LogP contribution in [0.1, 0.15) is 46.5 Å². The maximum absolute atomic E-state index is 8.82. The number of aliphatic hydroxyl groups is 1. The second-order valence-corrected chi connectivity index (χ2v) is 6.10. The van der Waals surface area contributed by atoms with Crippen molar-refractivity contribution in [3.8, 4) is 0 Å². The topological polar surface area (TPSA) is 55.5 Å². The summed E-state index contributed by atoms with van der Waals surface area (Å²) >= 11 is 0. The highest BCUT2D eigenvalue weighted by Crippen LogP contribution is 2.42. The van der Waals surface area contributed by atoms with Gasteiger partial charge in [-0.05, 0) is 37.0 Å². The van der Waals surface area contributed by atoms with Crippen molar-refractivity contribution in [1.29, 1.82) is 0 Å². The molecule has 0 heterocycles. The van der Waals surface area contributed by atoms with Crippen LogP contribution < -0.4 is 5.73 Å². The highest BCUT2D eigenvalue weighted by molar-refractivity contribution is 4.91. The lowest BCUT2D eigenvalue weighted by Crippen LogP contribution is -2.46. The van der Waals surface area contributed by atoms with Gasteiger partial charge in [0.1, 0.15) is 0 Å². The Morgan fingerprint density at radius 1 is 1.31 bits per heavy atom. The summed E-state index contributed by atoms with van der Waals surface area (Å²) in [6.07, 6.45) is 4.44. The SMILES string of the molecule is CC(C)(C)C1CCC(CN)(OCCO)CC1. The van der Waals surface area contributed by atoms with E-state index in [9.17, 15) is 0 Å². The van der Waals surface area contributed by atoms with Crippen LogP contribution in [-0.4, -0.2) is 30.5 Å². The van der Waals surface area contributed by atoms with Crippen LogP contribution in [0.3, 0.4) is 0 Å². The maximum Gasteiger partial charge on any atom is 0.0805 e. The first-order chi connectivity index (χ1) is 7.43. The standard InChI is InChI=1S/C13H27NO2/c1-12(2,3)11-4-6-13(10-14,7-5-11)16-9-8-15/h11,15H,4-10,14H2,1-3H3. The Kier molecular flexibility index (Phi) is 4.77. The summed E-state index contributed by atoms with van der Waals surface area (Å²) in [5, 5.41) is 8.82. The Morgan fingerprint density at radius 2 is 1.88 bits per heavy atom. The minimum absolute atomic E-state index is 0.0877. The quantitative estimate of drug-likeness (QED) is 0.774. The van der Waals surface area contributed by atoms with Crippen molar-refractivity contribution >= 4 is 0 Å². The van der Waals surface area contributed by atoms with E-state index in [1.165, 1.54) is 12.8 Å². The van der Waals surface area contributed by atoms with E-state index in [2.05, 4.69) is 20.8 Å². The molecule has 0 bridgehead atoms. The lowest BCUT2D eigenvalue weighted by Gasteiger charge is -2.43. The zero-order valence-corrected chi connectivity index (χ0v) is 11.0. The summed E-state index contributed by atoms with van der Waals surface area (Å²) in [6, 6.07) is 0. The van der Waals surface area contributed by atoms with Crippen molar-refractivity contribution in [1.82, 2.24) is 0 Å². The predicted octanol–water partition coefficient (Wildman–Crippen LogP) is 1.93. The van der Waals surface area contributed by atoms with E-state index in [4.69, 9.17) is 15.6 Å². The van der Waals surface area contributed by atoms with E-state index in [-0.39, 0.29) is 12.2 Å². The molecule has 0 aromatic heterocycles. The van der Waals surface area contributed by atoms with Gasteiger partial charge in [-0.25, -0.2) is 0 Å². The molecule has 16 heavy (non-hydrogen) atoms. The molecule has 3 nitrogen and oxygen atoms in total. The third-order valence-corrected chi connectivity index (χ3v) is 3.99. The second kappa shape index (κ2) is 5.48. The molecule has 3 heteroatoms. The molecular weight excluding hydrogens is 202 g/mol. The van der Waals surface area contributed by atoms with Crippen molar-refractivity contribution < 1.29 is 9.84 Å². The van der Waals surface area contributed by atoms with E-state index in [0.29, 0.717) is 18.6 Å². The minimum Gasteiger partial charge on any atom is -0.394 e. The molecule has 1 saturated carbocycles. The Morgan fingerprint density at radius 3 is 2.25 bits per heavy atom. The molecule has 0 atom stereocenters. The fourth-order valence-corrected chi connectivity index (χ4v) is 2.68. The highest BCUT2D eigenvalue weighted by Gasteiger charge is 2.38. The number of aliphatic hydroxyl groups excluding tert-OH is 1. The molecule has 96 valence electrons. The number of hydrogen-bond donors (Lipinski definition) is 2. The van der Waals surface area contributed by atoms with Gasteiger partial charge >= 0.3 is 0 Å². The second-order valence-electron chi connectivity index (χ2n) is 6.10. The molecule has 3 N–H and O–H groups in total. The van der Waals surface area contributed by atoms with Crippen LogP contribution in [0, 0.1) is 11.3 Å². The first-order valence-corrected chi connectivity index (χ1v) is 6.38. The summed E-state index contributed by atoms with van der Waals surface area (Å²) in [5.74, 6) is 0.768. The van der Waals surface area contributed by atoms with E-state index in [1.807, 2.05) is 0 Å². The van der Waals surface area contributed by atoms with Crippen molar-refractivity contribution in [2.45, 2.75) is 52.1 Å². The summed E-state index contributed by atoms with van der Waals surface area (Å²) in [5.41, 5.74) is 6.05. The minimum atomic E-state index is -0.162. The van der Waals surface area contributed by atoms with Crippen LogP contribution in [0.15, 0.2) is 0 Å². The van der Waals surface area contributed by atoms with Crippen LogP contribution in [0.2, 0.25) is 0 Å². The zero-order chi connectivity index (χ0) is 12.2. The van der Waals surface area contributed by atoms with Gasteiger partial charge in [0.2, 0.25) is 0 Å². The number of nitrogens with two attached hydrogens (primary N) is 1. The Hall–Kier alpha value is -0.120. The number of ether oxygens (including phenoxy) is 1. The molecule has 0 unspecified atom stereocenters. The average molecular weight is 229 g/mol. The molecule has 1 fully saturated rings. The summed E-state index contributed by atoms with van der Waals surface area (Å²) < 4.78 is 5.75. The fraction of sp³-hybridized carbons (Fsp3) is 1.00. The van der Waals surface area contributed by atoms with Crippen LogP contribution in [0.25, 0.3) is 0 Å². The monoisotopic (exact) mass is 229 g/mol. The van der Waals surface area contributed by atoms with Gasteiger partial charge in [-0.15, -0.1) is 0 Å². The van der Waals surface area contributed by atoms with Gasteiger partial charge in [0.25, 0.3) is 0 Å². The molecule has 0 aromatic rings. The van der Waals surface area contributed by atoms with E-state index in [0.717, 1.165) is 18.8 Å². The third kappa shape index (κ3) is 3.44. The molecule has 0 saturated heterocycles. The third-order valence-electron chi connectivity index (χ3n) is 3.99. The van der Waals surface area contributed by atoms with Crippen molar-refractivity contribution in [3.63, 3.8) is 0 Å². The first kappa shape index (κ1) is 13.9. The van der Waals surface area contributed by atoms with Gasteiger partial charge in [-0.1, -0.05) is 20.8 Å². The predicted molar refractivity (Wildman–Crippen MR) is 66.2 cm³/mol. The van der Waals surface area contributed by atoms with Gasteiger partial charge in [-0.2, -0.15) is 0 Å². The van der Waals surface area contributed by atoms with Crippen LogP contribution in [0.4, 0.5) is 0 Å². The lowest BCUT2D eigenvalue weighted by atomic mass is 9.68. The molecule has 0 spiro atoms. The van der Waals surface area contributed by atoms with Gasteiger partial charge in [0.15, 0.2) is 0 Å². The molecule has 1 aliphatic carbocycles.